The van der Waals surface area contributed by atoms with Crippen LogP contribution in [0, 0.1) is 7.43 Å². The third-order valence-corrected chi connectivity index (χ3v) is 4.26. The number of rotatable bonds is 0. The SMILES string of the molecule is CC.CC1[N-]CCc2c1sc1ccccc21.[CH3-].[Y]. The van der Waals surface area contributed by atoms with Gasteiger partial charge in [0.2, 0.25) is 0 Å². The van der Waals surface area contributed by atoms with E-state index in [1.54, 1.807) is 5.56 Å². The summed E-state index contributed by atoms with van der Waals surface area (Å²) in [7, 11) is 0. The molecule has 1 aliphatic heterocycles. The Kier molecular flexibility index (Phi) is 8.54. The fourth-order valence-electron chi connectivity index (χ4n) is 2.17. The van der Waals surface area contributed by atoms with E-state index in [-0.39, 0.29) is 40.1 Å². The Morgan fingerprint density at radius 1 is 1.22 bits per heavy atom. The van der Waals surface area contributed by atoms with Crippen LogP contribution in [0.5, 0.6) is 0 Å². The van der Waals surface area contributed by atoms with Crippen LogP contribution in [-0.4, -0.2) is 6.54 Å². The van der Waals surface area contributed by atoms with Crippen molar-refractivity contribution in [1.82, 2.24) is 0 Å². The molecule has 0 N–H and O–H groups in total. The summed E-state index contributed by atoms with van der Waals surface area (Å²) in [4.78, 5) is 1.48. The van der Waals surface area contributed by atoms with Crippen LogP contribution in [0.3, 0.4) is 0 Å². The number of hydrogen-bond acceptors (Lipinski definition) is 1. The minimum atomic E-state index is 0. The number of hydrogen-bond donors (Lipinski definition) is 0. The summed E-state index contributed by atoms with van der Waals surface area (Å²) in [5.74, 6) is 0. The molecule has 1 atom stereocenters. The Bertz CT molecular complexity index is 478. The van der Waals surface area contributed by atoms with E-state index in [1.165, 1.54) is 15.0 Å². The Morgan fingerprint density at radius 2 is 1.89 bits per heavy atom. The average Bonchev–Trinajstić information content (AvgIpc) is 2.72. The van der Waals surface area contributed by atoms with E-state index in [2.05, 4.69) is 36.5 Å². The minimum absolute atomic E-state index is 0. The van der Waals surface area contributed by atoms with Crippen molar-refractivity contribution in [3.8, 4) is 0 Å². The number of fused-ring (bicyclic) bond motifs is 3. The molecule has 0 bridgehead atoms. The molecule has 1 unspecified atom stereocenters. The van der Waals surface area contributed by atoms with Gasteiger partial charge in [0.05, 0.1) is 0 Å². The molecule has 3 rings (SSSR count). The van der Waals surface area contributed by atoms with E-state index in [0.717, 1.165) is 13.0 Å². The molecule has 2 aromatic rings. The van der Waals surface area contributed by atoms with Gasteiger partial charge >= 0.3 is 0 Å². The van der Waals surface area contributed by atoms with Gasteiger partial charge in [-0.1, -0.05) is 39.0 Å². The van der Waals surface area contributed by atoms with Gasteiger partial charge in [-0.3, -0.25) is 0 Å². The van der Waals surface area contributed by atoms with E-state index < -0.39 is 0 Å². The first-order valence-electron chi connectivity index (χ1n) is 6.03. The van der Waals surface area contributed by atoms with Crippen LogP contribution < -0.4 is 0 Å². The van der Waals surface area contributed by atoms with Gasteiger partial charge in [0.1, 0.15) is 0 Å². The van der Waals surface area contributed by atoms with Crippen molar-refractivity contribution in [2.45, 2.75) is 33.2 Å². The molecule has 0 amide bonds. The Morgan fingerprint density at radius 3 is 2.61 bits per heavy atom. The van der Waals surface area contributed by atoms with Crippen molar-refractivity contribution in [3.63, 3.8) is 0 Å². The second-order valence-electron chi connectivity index (χ2n) is 3.77. The second kappa shape index (κ2) is 8.42. The first-order chi connectivity index (χ1) is 7.86. The normalized spacial score (nSPS) is 16.7. The molecule has 0 aliphatic carbocycles. The molecular weight excluding hydrogens is 315 g/mol. The molecule has 97 valence electrons. The predicted octanol–water partition coefficient (Wildman–Crippen LogP) is 5.37. The maximum Gasteiger partial charge on any atom is 0.0347 e. The second-order valence-corrected chi connectivity index (χ2v) is 4.86. The zero-order valence-electron chi connectivity index (χ0n) is 11.7. The molecule has 1 aliphatic rings. The van der Waals surface area contributed by atoms with E-state index in [0.29, 0.717) is 6.04 Å². The summed E-state index contributed by atoms with van der Waals surface area (Å²) < 4.78 is 1.42. The van der Waals surface area contributed by atoms with E-state index in [9.17, 15) is 0 Å². The maximum absolute atomic E-state index is 4.58. The average molecular weight is 336 g/mol. The zero-order chi connectivity index (χ0) is 11.5. The quantitative estimate of drug-likeness (QED) is 0.575. The van der Waals surface area contributed by atoms with E-state index >= 15 is 0 Å². The van der Waals surface area contributed by atoms with Crippen LogP contribution in [0.25, 0.3) is 15.4 Å². The monoisotopic (exact) mass is 336 g/mol. The van der Waals surface area contributed by atoms with Gasteiger partial charge in [-0.25, -0.2) is 0 Å². The molecule has 1 nitrogen and oxygen atoms in total. The first kappa shape index (κ1) is 18.2. The molecule has 3 heteroatoms. The Labute approximate surface area is 140 Å². The smallest absolute Gasteiger partial charge is 0.0347 e. The van der Waals surface area contributed by atoms with Crippen molar-refractivity contribution in [2.24, 2.45) is 0 Å². The molecule has 0 saturated carbocycles. The van der Waals surface area contributed by atoms with Crippen molar-refractivity contribution in [1.29, 1.82) is 0 Å². The molecule has 0 fully saturated rings. The molecule has 0 spiro atoms. The third-order valence-electron chi connectivity index (χ3n) is 2.87. The maximum atomic E-state index is 4.58. The molecule has 1 radical (unpaired) electrons. The van der Waals surface area contributed by atoms with Crippen LogP contribution >= 0.6 is 11.3 Å². The van der Waals surface area contributed by atoms with Gasteiger partial charge in [-0.2, -0.15) is 0 Å². The van der Waals surface area contributed by atoms with E-state index in [1.807, 2.05) is 25.2 Å². The van der Waals surface area contributed by atoms with E-state index in [4.69, 9.17) is 0 Å². The van der Waals surface area contributed by atoms with Crippen molar-refractivity contribution in [2.75, 3.05) is 6.54 Å². The van der Waals surface area contributed by atoms with Gasteiger partial charge in [0.25, 0.3) is 0 Å². The first-order valence-corrected chi connectivity index (χ1v) is 6.85. The molecule has 2 heterocycles. The van der Waals surface area contributed by atoms with Crippen molar-refractivity contribution < 1.29 is 32.7 Å². The largest absolute Gasteiger partial charge is 0.655 e. The van der Waals surface area contributed by atoms with Crippen LogP contribution in [-0.2, 0) is 39.1 Å². The summed E-state index contributed by atoms with van der Waals surface area (Å²) in [5.41, 5.74) is 1.55. The molecular formula is C15H21NSY-2. The van der Waals surface area contributed by atoms with Gasteiger partial charge in [0.15, 0.2) is 0 Å². The number of benzene rings is 1. The van der Waals surface area contributed by atoms with Crippen molar-refractivity contribution >= 4 is 21.4 Å². The molecule has 0 saturated heterocycles. The van der Waals surface area contributed by atoms with Crippen molar-refractivity contribution in [3.05, 3.63) is 47.4 Å². The summed E-state index contributed by atoms with van der Waals surface area (Å²) in [6, 6.07) is 9.11. The fourth-order valence-corrected chi connectivity index (χ4v) is 3.43. The minimum Gasteiger partial charge on any atom is -0.655 e. The summed E-state index contributed by atoms with van der Waals surface area (Å²) >= 11 is 1.91. The van der Waals surface area contributed by atoms with Gasteiger partial charge in [0, 0.05) is 37.4 Å². The van der Waals surface area contributed by atoms with Gasteiger partial charge in [-0.05, 0) is 28.3 Å². The van der Waals surface area contributed by atoms with Gasteiger partial charge in [-0.15, -0.1) is 23.9 Å². The Hall–Kier alpha value is 0.244. The molecule has 18 heavy (non-hydrogen) atoms. The Balaban J connectivity index is 0.000000691. The summed E-state index contributed by atoms with van der Waals surface area (Å²) in [6.45, 7) is 7.20. The number of nitrogens with zero attached hydrogens (tertiary/aromatic N) is 1. The standard InChI is InChI=1S/C12H12NS.C2H6.CH3.Y/c1-8-12-10(6-7-13-8)9-4-2-3-5-11(9)14-12;1-2;;/h2-5,8H,6-7H2,1H3;1-2H3;1H3;/q-1;;-1;. The fraction of sp³-hybridized carbons (Fsp3) is 0.400. The summed E-state index contributed by atoms with van der Waals surface area (Å²) in [6.07, 6.45) is 1.13. The predicted molar refractivity (Wildman–Crippen MR) is 79.9 cm³/mol. The van der Waals surface area contributed by atoms with Crippen LogP contribution in [0.1, 0.15) is 37.3 Å². The third kappa shape index (κ3) is 3.42. The van der Waals surface area contributed by atoms with Gasteiger partial charge < -0.3 is 12.7 Å². The molecule has 1 aromatic heterocycles. The van der Waals surface area contributed by atoms with Crippen LogP contribution in [0.15, 0.2) is 24.3 Å². The number of thiophene rings is 1. The van der Waals surface area contributed by atoms with Crippen LogP contribution in [0.4, 0.5) is 0 Å². The topological polar surface area (TPSA) is 14.1 Å². The summed E-state index contributed by atoms with van der Waals surface area (Å²) in [5, 5.41) is 6.03. The zero-order valence-corrected chi connectivity index (χ0v) is 15.4. The van der Waals surface area contributed by atoms with Crippen LogP contribution in [0.2, 0.25) is 0 Å². The molecule has 1 aromatic carbocycles.